The van der Waals surface area contributed by atoms with Crippen LogP contribution in [0.25, 0.3) is 10.8 Å². The number of benzene rings is 2. The van der Waals surface area contributed by atoms with Crippen molar-refractivity contribution in [2.45, 2.75) is 4.90 Å². The van der Waals surface area contributed by atoms with Gasteiger partial charge in [-0.15, -0.1) is 0 Å². The molecule has 1 unspecified atom stereocenters. The van der Waals surface area contributed by atoms with Gasteiger partial charge in [0, 0.05) is 0 Å². The SMILES string of the molecule is NS(=O)c1ccc2ccccc2c1. The lowest BCUT2D eigenvalue weighted by molar-refractivity contribution is 0.684. The van der Waals surface area contributed by atoms with Gasteiger partial charge in [0.05, 0.1) is 4.90 Å². The average molecular weight is 191 g/mol. The van der Waals surface area contributed by atoms with Gasteiger partial charge in [0.1, 0.15) is 11.0 Å². The van der Waals surface area contributed by atoms with Crippen LogP contribution in [0, 0.1) is 0 Å². The highest BCUT2D eigenvalue weighted by Crippen LogP contribution is 2.16. The van der Waals surface area contributed by atoms with E-state index in [-0.39, 0.29) is 0 Å². The molecule has 0 radical (unpaired) electrons. The molecule has 2 N–H and O–H groups in total. The zero-order valence-electron chi connectivity index (χ0n) is 6.94. The number of hydrogen-bond donors (Lipinski definition) is 1. The van der Waals surface area contributed by atoms with Crippen LogP contribution in [-0.2, 0) is 11.0 Å². The Morgan fingerprint density at radius 3 is 2.38 bits per heavy atom. The standard InChI is InChI=1S/C10H9NOS/c11-13(12)10-6-5-8-3-1-2-4-9(8)7-10/h1-7H,11H2. The van der Waals surface area contributed by atoms with Crippen molar-refractivity contribution in [2.24, 2.45) is 5.14 Å². The molecule has 0 saturated carbocycles. The molecule has 0 saturated heterocycles. The number of rotatable bonds is 1. The summed E-state index contributed by atoms with van der Waals surface area (Å²) < 4.78 is 11.0. The first kappa shape index (κ1) is 8.41. The third kappa shape index (κ3) is 1.61. The quantitative estimate of drug-likeness (QED) is 0.734. The third-order valence-corrected chi connectivity index (χ3v) is 2.67. The number of nitrogens with two attached hydrogens (primary N) is 1. The summed E-state index contributed by atoms with van der Waals surface area (Å²) in [5, 5.41) is 7.48. The fourth-order valence-electron chi connectivity index (χ4n) is 1.29. The molecule has 0 aliphatic carbocycles. The van der Waals surface area contributed by atoms with E-state index in [2.05, 4.69) is 0 Å². The van der Waals surface area contributed by atoms with Gasteiger partial charge in [-0.05, 0) is 22.9 Å². The molecule has 0 fully saturated rings. The van der Waals surface area contributed by atoms with Crippen LogP contribution in [0.4, 0.5) is 0 Å². The fourth-order valence-corrected chi connectivity index (χ4v) is 1.74. The van der Waals surface area contributed by atoms with Crippen LogP contribution in [0.2, 0.25) is 0 Å². The first-order chi connectivity index (χ1) is 6.27. The van der Waals surface area contributed by atoms with Crippen LogP contribution in [0.5, 0.6) is 0 Å². The van der Waals surface area contributed by atoms with E-state index in [1.807, 2.05) is 36.4 Å². The Hall–Kier alpha value is -1.19. The molecule has 0 amide bonds. The summed E-state index contributed by atoms with van der Waals surface area (Å²) in [6, 6.07) is 13.5. The van der Waals surface area contributed by atoms with Gasteiger partial charge >= 0.3 is 0 Å². The second kappa shape index (κ2) is 3.28. The minimum Gasteiger partial charge on any atom is -0.248 e. The van der Waals surface area contributed by atoms with Crippen molar-refractivity contribution in [1.82, 2.24) is 0 Å². The van der Waals surface area contributed by atoms with E-state index in [4.69, 9.17) is 5.14 Å². The lowest BCUT2D eigenvalue weighted by Crippen LogP contribution is -2.01. The second-order valence-electron chi connectivity index (χ2n) is 2.81. The van der Waals surface area contributed by atoms with E-state index in [0.29, 0.717) is 4.90 Å². The predicted molar refractivity (Wildman–Crippen MR) is 54.5 cm³/mol. The molecule has 3 heteroatoms. The highest BCUT2D eigenvalue weighted by Gasteiger charge is 1.98. The molecule has 2 aromatic carbocycles. The van der Waals surface area contributed by atoms with E-state index in [1.165, 1.54) is 0 Å². The molecule has 0 bridgehead atoms. The summed E-state index contributed by atoms with van der Waals surface area (Å²) in [5.41, 5.74) is 0. The summed E-state index contributed by atoms with van der Waals surface area (Å²) in [4.78, 5) is 0.665. The highest BCUT2D eigenvalue weighted by molar-refractivity contribution is 7.82. The minimum atomic E-state index is -1.38. The van der Waals surface area contributed by atoms with Gasteiger partial charge in [-0.3, -0.25) is 0 Å². The molecule has 0 heterocycles. The summed E-state index contributed by atoms with van der Waals surface area (Å²) in [6.45, 7) is 0. The van der Waals surface area contributed by atoms with E-state index in [9.17, 15) is 4.21 Å². The molecule has 1 atom stereocenters. The average Bonchev–Trinajstić information content (AvgIpc) is 2.17. The lowest BCUT2D eigenvalue weighted by atomic mass is 10.1. The van der Waals surface area contributed by atoms with Gasteiger partial charge in [0.15, 0.2) is 0 Å². The maximum Gasteiger partial charge on any atom is 0.122 e. The molecule has 13 heavy (non-hydrogen) atoms. The summed E-state index contributed by atoms with van der Waals surface area (Å²) in [5.74, 6) is 0. The molecule has 0 aliphatic heterocycles. The van der Waals surface area contributed by atoms with Crippen LogP contribution in [-0.4, -0.2) is 4.21 Å². The Balaban J connectivity index is 2.69. The zero-order chi connectivity index (χ0) is 9.26. The molecule has 66 valence electrons. The lowest BCUT2D eigenvalue weighted by Gasteiger charge is -1.99. The third-order valence-electron chi connectivity index (χ3n) is 1.95. The first-order valence-electron chi connectivity index (χ1n) is 3.92. The second-order valence-corrected chi connectivity index (χ2v) is 3.87. The predicted octanol–water partition coefficient (Wildman–Crippen LogP) is 1.82. The number of fused-ring (bicyclic) bond motifs is 1. The van der Waals surface area contributed by atoms with Crippen molar-refractivity contribution in [1.29, 1.82) is 0 Å². The van der Waals surface area contributed by atoms with Gasteiger partial charge in [0.25, 0.3) is 0 Å². The van der Waals surface area contributed by atoms with Crippen LogP contribution < -0.4 is 5.14 Å². The maximum absolute atomic E-state index is 11.0. The van der Waals surface area contributed by atoms with Gasteiger partial charge in [-0.1, -0.05) is 30.3 Å². The Bertz CT molecular complexity index is 467. The van der Waals surface area contributed by atoms with Gasteiger partial charge in [-0.25, -0.2) is 9.35 Å². The fraction of sp³-hybridized carbons (Fsp3) is 0. The van der Waals surface area contributed by atoms with E-state index in [0.717, 1.165) is 10.8 Å². The van der Waals surface area contributed by atoms with Gasteiger partial charge < -0.3 is 0 Å². The van der Waals surface area contributed by atoms with Crippen LogP contribution in [0.15, 0.2) is 47.4 Å². The summed E-state index contributed by atoms with van der Waals surface area (Å²) in [7, 11) is -1.38. The molecule has 0 aliphatic rings. The monoisotopic (exact) mass is 191 g/mol. The largest absolute Gasteiger partial charge is 0.248 e. The Morgan fingerprint density at radius 2 is 1.69 bits per heavy atom. The molecule has 0 aromatic heterocycles. The van der Waals surface area contributed by atoms with Crippen molar-refractivity contribution in [3.05, 3.63) is 42.5 Å². The van der Waals surface area contributed by atoms with Gasteiger partial charge in [0.2, 0.25) is 0 Å². The smallest absolute Gasteiger partial charge is 0.122 e. The van der Waals surface area contributed by atoms with Crippen LogP contribution >= 0.6 is 0 Å². The topological polar surface area (TPSA) is 43.1 Å². The summed E-state index contributed by atoms with van der Waals surface area (Å²) >= 11 is 0. The molecule has 0 spiro atoms. The van der Waals surface area contributed by atoms with E-state index >= 15 is 0 Å². The highest BCUT2D eigenvalue weighted by atomic mass is 32.2. The molecular weight excluding hydrogens is 182 g/mol. The van der Waals surface area contributed by atoms with Crippen molar-refractivity contribution in [3.8, 4) is 0 Å². The van der Waals surface area contributed by atoms with E-state index < -0.39 is 11.0 Å². The van der Waals surface area contributed by atoms with Crippen LogP contribution in [0.1, 0.15) is 0 Å². The maximum atomic E-state index is 11.0. The Kier molecular flexibility index (Phi) is 2.12. The number of hydrogen-bond acceptors (Lipinski definition) is 1. The summed E-state index contributed by atoms with van der Waals surface area (Å²) in [6.07, 6.45) is 0. The van der Waals surface area contributed by atoms with Crippen molar-refractivity contribution in [2.75, 3.05) is 0 Å². The molecule has 2 nitrogen and oxygen atoms in total. The van der Waals surface area contributed by atoms with Crippen LogP contribution in [0.3, 0.4) is 0 Å². The zero-order valence-corrected chi connectivity index (χ0v) is 7.75. The minimum absolute atomic E-state index is 0.665. The van der Waals surface area contributed by atoms with Crippen molar-refractivity contribution in [3.63, 3.8) is 0 Å². The first-order valence-corrected chi connectivity index (χ1v) is 5.13. The van der Waals surface area contributed by atoms with Crippen molar-refractivity contribution >= 4 is 21.8 Å². The van der Waals surface area contributed by atoms with E-state index in [1.54, 1.807) is 6.07 Å². The molecular formula is C10H9NOS. The Morgan fingerprint density at radius 1 is 1.00 bits per heavy atom. The van der Waals surface area contributed by atoms with Gasteiger partial charge in [-0.2, -0.15) is 0 Å². The normalized spacial score (nSPS) is 13.0. The molecule has 2 aromatic rings. The van der Waals surface area contributed by atoms with Crippen molar-refractivity contribution < 1.29 is 4.21 Å². The molecule has 2 rings (SSSR count). The Labute approximate surface area is 79.0 Å².